The van der Waals surface area contributed by atoms with Crippen LogP contribution in [0.3, 0.4) is 0 Å². The first-order chi connectivity index (χ1) is 19.3. The van der Waals surface area contributed by atoms with Gasteiger partial charge in [-0.15, -0.1) is 12.4 Å². The highest BCUT2D eigenvalue weighted by Crippen LogP contribution is 2.52. The molecule has 0 radical (unpaired) electrons. The van der Waals surface area contributed by atoms with Crippen molar-refractivity contribution in [3.63, 3.8) is 0 Å². The largest absolute Gasteiger partial charge is 0.359 e. The number of carbonyl (C=O) groups excluding carboxylic acids is 2. The van der Waals surface area contributed by atoms with Crippen LogP contribution in [0.4, 0.5) is 0 Å². The maximum Gasteiger partial charge on any atom is 0.262 e. The topological polar surface area (TPSA) is 168 Å². The monoisotopic (exact) mass is 702 g/mol. The molecule has 18 heteroatoms. The summed E-state index contributed by atoms with van der Waals surface area (Å²) in [5.74, 6) is 2.14. The predicted molar refractivity (Wildman–Crippen MR) is 159 cm³/mol. The summed E-state index contributed by atoms with van der Waals surface area (Å²) < 4.78 is 47.5. The maximum atomic E-state index is 12.4. The summed E-state index contributed by atoms with van der Waals surface area (Å²) in [7, 11) is 1.11. The molecular formula is C24H30Cl4N6O6S2. The second-order valence-electron chi connectivity index (χ2n) is 9.99. The highest BCUT2D eigenvalue weighted by molar-refractivity contribution is 8.13. The Balaban J connectivity index is 0.000000187. The fourth-order valence-electron chi connectivity index (χ4n) is 5.38. The van der Waals surface area contributed by atoms with E-state index in [1.165, 1.54) is 34.8 Å². The molecule has 2 aromatic heterocycles. The molecule has 42 heavy (non-hydrogen) atoms. The predicted octanol–water partition coefficient (Wildman–Crippen LogP) is 1.63. The van der Waals surface area contributed by atoms with Gasteiger partial charge < -0.3 is 16.0 Å². The van der Waals surface area contributed by atoms with Crippen molar-refractivity contribution in [1.82, 2.24) is 30.2 Å². The standard InChI is InChI=1S/C12H14ClN3O3S.C7H12N2O.C5H3Cl2NO2S.ClH/c1-14-12(17)11-8-5-16(6-9(8)11)20(18,19)7-2-3-10(13)15-4-7;1-8-7(10)6-4-2-9-3-5(4)6;6-5-2-1-4(3-8-5)11(7,9)10;/h2-4,8-9,11H,5-6H2,1H3,(H,14,17);4-6,9H,2-3H2,1H3,(H,8,10);1-3H;1H/t8-,9+,11?;4-,5+,6?;;. The number of hydrogen-bond donors (Lipinski definition) is 3. The maximum absolute atomic E-state index is 12.4. The first-order valence-electron chi connectivity index (χ1n) is 12.6. The minimum absolute atomic E-state index is 0. The molecule has 2 saturated heterocycles. The molecule has 2 unspecified atom stereocenters. The zero-order chi connectivity index (χ0) is 30.1. The van der Waals surface area contributed by atoms with E-state index in [0.717, 1.165) is 19.3 Å². The van der Waals surface area contributed by atoms with E-state index in [4.69, 9.17) is 33.9 Å². The molecule has 2 aliphatic heterocycles. The van der Waals surface area contributed by atoms with Gasteiger partial charge in [0, 0.05) is 62.1 Å². The average Bonchev–Trinajstić information content (AvgIpc) is 3.64. The number of nitrogens with zero attached hydrogens (tertiary/aromatic N) is 3. The normalized spacial score (nSPS) is 27.0. The van der Waals surface area contributed by atoms with E-state index >= 15 is 0 Å². The number of fused-ring (bicyclic) bond motifs is 2. The molecule has 4 aliphatic rings. The molecule has 0 bridgehead atoms. The smallest absolute Gasteiger partial charge is 0.262 e. The first kappa shape index (κ1) is 34.7. The zero-order valence-electron chi connectivity index (χ0n) is 22.4. The van der Waals surface area contributed by atoms with Crippen molar-refractivity contribution in [3.05, 3.63) is 47.0 Å². The number of nitrogens with one attached hydrogen (secondary N) is 3. The van der Waals surface area contributed by atoms with E-state index in [1.807, 2.05) is 0 Å². The Kier molecular flexibility index (Phi) is 11.5. The molecular weight excluding hydrogens is 674 g/mol. The third-order valence-corrected chi connectivity index (χ3v) is 11.3. The van der Waals surface area contributed by atoms with Gasteiger partial charge in [0.15, 0.2) is 0 Å². The minimum atomic E-state index is -3.67. The zero-order valence-corrected chi connectivity index (χ0v) is 27.1. The average molecular weight is 704 g/mol. The van der Waals surface area contributed by atoms with E-state index in [-0.39, 0.29) is 62.1 Å². The van der Waals surface area contributed by atoms with Gasteiger partial charge in [0.05, 0.1) is 0 Å². The summed E-state index contributed by atoms with van der Waals surface area (Å²) in [6.07, 6.45) is 2.36. The quantitative estimate of drug-likeness (QED) is 0.310. The van der Waals surface area contributed by atoms with E-state index in [9.17, 15) is 26.4 Å². The molecule has 232 valence electrons. The number of rotatable bonds is 5. The van der Waals surface area contributed by atoms with E-state index in [0.29, 0.717) is 30.8 Å². The van der Waals surface area contributed by atoms with Crippen LogP contribution in [-0.4, -0.2) is 83.2 Å². The lowest BCUT2D eigenvalue weighted by Crippen LogP contribution is -2.34. The van der Waals surface area contributed by atoms with Crippen LogP contribution in [0.15, 0.2) is 46.5 Å². The van der Waals surface area contributed by atoms with Gasteiger partial charge in [-0.2, -0.15) is 4.31 Å². The number of carbonyl (C=O) groups is 2. The molecule has 3 N–H and O–H groups in total. The van der Waals surface area contributed by atoms with E-state index in [2.05, 4.69) is 25.9 Å². The first-order valence-corrected chi connectivity index (χ1v) is 17.1. The molecule has 6 atom stereocenters. The second kappa shape index (κ2) is 13.9. The fraction of sp³-hybridized carbons (Fsp3) is 0.500. The van der Waals surface area contributed by atoms with Crippen LogP contribution >= 0.6 is 46.3 Å². The van der Waals surface area contributed by atoms with E-state index < -0.39 is 19.1 Å². The van der Waals surface area contributed by atoms with Gasteiger partial charge in [-0.05, 0) is 61.0 Å². The van der Waals surface area contributed by atoms with Crippen LogP contribution in [0.5, 0.6) is 0 Å². The molecule has 4 fully saturated rings. The number of piperidine rings is 2. The summed E-state index contributed by atoms with van der Waals surface area (Å²) >= 11 is 11.1. The number of halogens is 4. The number of sulfonamides is 1. The number of pyridine rings is 2. The van der Waals surface area contributed by atoms with Gasteiger partial charge in [-0.3, -0.25) is 9.59 Å². The Hall–Kier alpha value is -1.78. The lowest BCUT2D eigenvalue weighted by atomic mass is 10.2. The van der Waals surface area contributed by atoms with Gasteiger partial charge in [-0.1, -0.05) is 23.2 Å². The molecule has 2 saturated carbocycles. The summed E-state index contributed by atoms with van der Waals surface area (Å²) in [5.41, 5.74) is 0. The van der Waals surface area contributed by atoms with Crippen LogP contribution in [0.2, 0.25) is 10.3 Å². The SMILES string of the molecule is CNC(=O)C1[C@H]2CN(S(=O)(=O)c3ccc(Cl)nc3)C[C@@H]12.CNC(=O)C1[C@H]2CNC[C@@H]12.Cl.O=S(=O)(Cl)c1ccc(Cl)nc1. The number of amides is 2. The summed E-state index contributed by atoms with van der Waals surface area (Å²) in [6.45, 7) is 2.88. The highest BCUT2D eigenvalue weighted by Gasteiger charge is 2.61. The molecule has 12 nitrogen and oxygen atoms in total. The Labute approximate surface area is 265 Å². The Morgan fingerprint density at radius 1 is 0.810 bits per heavy atom. The van der Waals surface area contributed by atoms with Crippen LogP contribution < -0.4 is 16.0 Å². The summed E-state index contributed by atoms with van der Waals surface area (Å²) in [6, 6.07) is 5.55. The Morgan fingerprint density at radius 3 is 1.62 bits per heavy atom. The van der Waals surface area contributed by atoms with Crippen molar-refractivity contribution >= 4 is 77.2 Å². The Morgan fingerprint density at radius 2 is 1.24 bits per heavy atom. The Bertz CT molecular complexity index is 1480. The fourth-order valence-corrected chi connectivity index (χ4v) is 7.75. The van der Waals surface area contributed by atoms with Crippen LogP contribution in [0.25, 0.3) is 0 Å². The van der Waals surface area contributed by atoms with Crippen molar-refractivity contribution < 1.29 is 26.4 Å². The molecule has 2 aromatic rings. The van der Waals surface area contributed by atoms with Crippen molar-refractivity contribution in [3.8, 4) is 0 Å². The molecule has 0 aromatic carbocycles. The third-order valence-electron chi connectivity index (χ3n) is 7.67. The lowest BCUT2D eigenvalue weighted by Gasteiger charge is -2.19. The van der Waals surface area contributed by atoms with Crippen LogP contribution in [-0.2, 0) is 28.7 Å². The molecule has 6 rings (SSSR count). The van der Waals surface area contributed by atoms with Gasteiger partial charge in [0.2, 0.25) is 21.8 Å². The second-order valence-corrected chi connectivity index (χ2v) is 15.3. The molecule has 4 heterocycles. The molecule has 2 aliphatic carbocycles. The van der Waals surface area contributed by atoms with Gasteiger partial charge >= 0.3 is 0 Å². The van der Waals surface area contributed by atoms with Gasteiger partial charge in [0.25, 0.3) is 9.05 Å². The van der Waals surface area contributed by atoms with Crippen molar-refractivity contribution in [2.45, 2.75) is 9.79 Å². The highest BCUT2D eigenvalue weighted by atomic mass is 35.7. The van der Waals surface area contributed by atoms with Crippen molar-refractivity contribution in [1.29, 1.82) is 0 Å². The van der Waals surface area contributed by atoms with E-state index in [1.54, 1.807) is 14.1 Å². The third kappa shape index (κ3) is 7.83. The molecule has 2 amide bonds. The number of hydrogen-bond acceptors (Lipinski definition) is 9. The molecule has 0 spiro atoms. The van der Waals surface area contributed by atoms with Crippen molar-refractivity contribution in [2.75, 3.05) is 40.3 Å². The van der Waals surface area contributed by atoms with Crippen molar-refractivity contribution in [2.24, 2.45) is 35.5 Å². The van der Waals surface area contributed by atoms with Crippen LogP contribution in [0, 0.1) is 35.5 Å². The van der Waals surface area contributed by atoms with Gasteiger partial charge in [0.1, 0.15) is 20.1 Å². The lowest BCUT2D eigenvalue weighted by molar-refractivity contribution is -0.123. The van der Waals surface area contributed by atoms with Crippen LogP contribution in [0.1, 0.15) is 0 Å². The summed E-state index contributed by atoms with van der Waals surface area (Å²) in [5, 5.41) is 9.04. The summed E-state index contributed by atoms with van der Waals surface area (Å²) in [4.78, 5) is 30.0. The minimum Gasteiger partial charge on any atom is -0.359 e. The number of aromatic nitrogens is 2. The van der Waals surface area contributed by atoms with Gasteiger partial charge in [-0.25, -0.2) is 26.8 Å².